The molecule has 0 aromatic heterocycles. The average molecular weight is 382 g/mol. The van der Waals surface area contributed by atoms with Crippen LogP contribution >= 0.6 is 0 Å². The summed E-state index contributed by atoms with van der Waals surface area (Å²) in [6.45, 7) is 5.79. The van der Waals surface area contributed by atoms with E-state index in [9.17, 15) is 9.18 Å². The van der Waals surface area contributed by atoms with Crippen LogP contribution in [-0.2, 0) is 4.74 Å². The number of amides is 1. The molecular formula is C23H27FN2O2. The highest BCUT2D eigenvalue weighted by Crippen LogP contribution is 2.32. The summed E-state index contributed by atoms with van der Waals surface area (Å²) in [5, 5.41) is 0. The number of halogens is 1. The fraction of sp³-hybridized carbons (Fsp3) is 0.435. The van der Waals surface area contributed by atoms with Crippen molar-refractivity contribution in [2.45, 2.75) is 31.9 Å². The highest BCUT2D eigenvalue weighted by molar-refractivity contribution is 5.94. The molecule has 2 aliphatic heterocycles. The summed E-state index contributed by atoms with van der Waals surface area (Å²) in [5.41, 5.74) is 2.22. The van der Waals surface area contributed by atoms with Gasteiger partial charge in [0.2, 0.25) is 0 Å². The van der Waals surface area contributed by atoms with E-state index < -0.39 is 0 Å². The minimum Gasteiger partial charge on any atom is -0.373 e. The van der Waals surface area contributed by atoms with E-state index in [-0.39, 0.29) is 23.9 Å². The summed E-state index contributed by atoms with van der Waals surface area (Å²) in [7, 11) is 0. The summed E-state index contributed by atoms with van der Waals surface area (Å²) in [6, 6.07) is 14.4. The van der Waals surface area contributed by atoms with Gasteiger partial charge in [0.15, 0.2) is 0 Å². The van der Waals surface area contributed by atoms with E-state index in [2.05, 4.69) is 4.90 Å². The summed E-state index contributed by atoms with van der Waals surface area (Å²) < 4.78 is 20.1. The van der Waals surface area contributed by atoms with Gasteiger partial charge in [-0.25, -0.2) is 4.39 Å². The van der Waals surface area contributed by atoms with Crippen LogP contribution < -0.4 is 0 Å². The van der Waals surface area contributed by atoms with E-state index in [1.165, 1.54) is 25.0 Å². The van der Waals surface area contributed by atoms with E-state index in [0.29, 0.717) is 18.7 Å². The van der Waals surface area contributed by atoms with Crippen LogP contribution in [0.15, 0.2) is 48.5 Å². The third-order valence-electron chi connectivity index (χ3n) is 5.68. The molecule has 4 nitrogen and oxygen atoms in total. The van der Waals surface area contributed by atoms with E-state index in [1.807, 2.05) is 42.2 Å². The second kappa shape index (κ2) is 8.41. The molecular weight excluding hydrogens is 355 g/mol. The smallest absolute Gasteiger partial charge is 0.254 e. The van der Waals surface area contributed by atoms with Crippen molar-refractivity contribution < 1.29 is 13.9 Å². The fourth-order valence-electron chi connectivity index (χ4n) is 4.40. The number of likely N-dealkylation sites (tertiary alicyclic amines) is 1. The zero-order valence-electron chi connectivity index (χ0n) is 16.3. The lowest BCUT2D eigenvalue weighted by Gasteiger charge is -2.43. The maximum Gasteiger partial charge on any atom is 0.254 e. The maximum atomic E-state index is 13.9. The summed E-state index contributed by atoms with van der Waals surface area (Å²) in [6.07, 6.45) is 2.34. The van der Waals surface area contributed by atoms with Gasteiger partial charge < -0.3 is 14.5 Å². The zero-order valence-corrected chi connectivity index (χ0v) is 16.3. The Kier molecular flexibility index (Phi) is 5.74. The van der Waals surface area contributed by atoms with E-state index in [0.717, 1.165) is 30.8 Å². The molecule has 2 fully saturated rings. The van der Waals surface area contributed by atoms with Crippen LogP contribution in [0, 0.1) is 12.7 Å². The fourth-order valence-corrected chi connectivity index (χ4v) is 4.40. The predicted octanol–water partition coefficient (Wildman–Crippen LogP) is 3.81. The molecule has 2 aromatic rings. The molecule has 2 atom stereocenters. The molecule has 0 N–H and O–H groups in total. The van der Waals surface area contributed by atoms with Gasteiger partial charge >= 0.3 is 0 Å². The van der Waals surface area contributed by atoms with Crippen LogP contribution in [0.3, 0.4) is 0 Å². The third-order valence-corrected chi connectivity index (χ3v) is 5.68. The summed E-state index contributed by atoms with van der Waals surface area (Å²) in [5.74, 6) is -0.507. The Hall–Kier alpha value is -2.24. The largest absolute Gasteiger partial charge is 0.373 e. The first kappa shape index (κ1) is 19.1. The lowest BCUT2D eigenvalue weighted by Crippen LogP contribution is -2.51. The van der Waals surface area contributed by atoms with Gasteiger partial charge in [-0.2, -0.15) is 0 Å². The van der Waals surface area contributed by atoms with Crippen LogP contribution in [0.2, 0.25) is 0 Å². The quantitative estimate of drug-likeness (QED) is 0.806. The number of aryl methyl sites for hydroxylation is 1. The third kappa shape index (κ3) is 4.10. The monoisotopic (exact) mass is 382 g/mol. The lowest BCUT2D eigenvalue weighted by molar-refractivity contribution is -0.0707. The lowest BCUT2D eigenvalue weighted by atomic mass is 9.96. The SMILES string of the molecule is Cc1cc(F)cc(C(=O)N2CCO[C@@H](CN3CCCC3)[C@@H]2c2ccccc2)c1. The van der Waals surface area contributed by atoms with E-state index in [1.54, 1.807) is 6.07 Å². The minimum absolute atomic E-state index is 0.0899. The number of hydrogen-bond donors (Lipinski definition) is 0. The van der Waals surface area contributed by atoms with E-state index >= 15 is 0 Å². The Balaban J connectivity index is 1.66. The molecule has 0 saturated carbocycles. The van der Waals surface area contributed by atoms with Crippen LogP contribution in [-0.4, -0.2) is 54.6 Å². The van der Waals surface area contributed by atoms with Crippen molar-refractivity contribution in [3.63, 3.8) is 0 Å². The molecule has 1 amide bonds. The van der Waals surface area contributed by atoms with Crippen LogP contribution in [0.4, 0.5) is 4.39 Å². The first-order valence-corrected chi connectivity index (χ1v) is 10.1. The van der Waals surface area contributed by atoms with Crippen LogP contribution in [0.1, 0.15) is 40.4 Å². The number of ether oxygens (including phenoxy) is 1. The van der Waals surface area contributed by atoms with Gasteiger partial charge in [-0.05, 0) is 62.2 Å². The van der Waals surface area contributed by atoms with Crippen molar-refractivity contribution >= 4 is 5.91 Å². The Morgan fingerprint density at radius 2 is 1.86 bits per heavy atom. The van der Waals surface area contributed by atoms with Crippen molar-refractivity contribution in [2.24, 2.45) is 0 Å². The molecule has 4 rings (SSSR count). The predicted molar refractivity (Wildman–Crippen MR) is 107 cm³/mol. The molecule has 0 bridgehead atoms. The van der Waals surface area contributed by atoms with Gasteiger partial charge in [0, 0.05) is 18.7 Å². The van der Waals surface area contributed by atoms with Gasteiger partial charge in [-0.1, -0.05) is 30.3 Å². The highest BCUT2D eigenvalue weighted by atomic mass is 19.1. The average Bonchev–Trinajstić information content (AvgIpc) is 3.20. The molecule has 5 heteroatoms. The van der Waals surface area contributed by atoms with Gasteiger partial charge in [-0.15, -0.1) is 0 Å². The van der Waals surface area contributed by atoms with E-state index in [4.69, 9.17) is 4.74 Å². The first-order valence-electron chi connectivity index (χ1n) is 10.1. The minimum atomic E-state index is -0.374. The molecule has 2 heterocycles. The van der Waals surface area contributed by atoms with Crippen molar-refractivity contribution in [1.82, 2.24) is 9.80 Å². The van der Waals surface area contributed by atoms with Crippen LogP contribution in [0.5, 0.6) is 0 Å². The number of rotatable bonds is 4. The number of benzene rings is 2. The van der Waals surface area contributed by atoms with Crippen molar-refractivity contribution in [3.8, 4) is 0 Å². The van der Waals surface area contributed by atoms with Gasteiger partial charge in [0.25, 0.3) is 5.91 Å². The molecule has 0 unspecified atom stereocenters. The van der Waals surface area contributed by atoms with Crippen molar-refractivity contribution in [2.75, 3.05) is 32.8 Å². The molecule has 0 spiro atoms. The van der Waals surface area contributed by atoms with Crippen LogP contribution in [0.25, 0.3) is 0 Å². The van der Waals surface area contributed by atoms with Gasteiger partial charge in [-0.3, -0.25) is 4.79 Å². The summed E-state index contributed by atoms with van der Waals surface area (Å²) in [4.78, 5) is 17.6. The standard InChI is InChI=1S/C23H27FN2O2/c1-17-13-19(15-20(24)14-17)23(27)26-11-12-28-21(16-25-9-5-6-10-25)22(26)18-7-3-2-4-8-18/h2-4,7-8,13-15,21-22H,5-6,9-12,16H2,1H3/t21-,22-/m0/s1. The summed E-state index contributed by atoms with van der Waals surface area (Å²) >= 11 is 0. The number of nitrogens with zero attached hydrogens (tertiary/aromatic N) is 2. The van der Waals surface area contributed by atoms with Crippen molar-refractivity contribution in [1.29, 1.82) is 0 Å². The first-order chi connectivity index (χ1) is 13.6. The van der Waals surface area contributed by atoms with Gasteiger partial charge in [0.1, 0.15) is 5.82 Å². The second-order valence-corrected chi connectivity index (χ2v) is 7.79. The number of hydrogen-bond acceptors (Lipinski definition) is 3. The number of morpholine rings is 1. The molecule has 28 heavy (non-hydrogen) atoms. The molecule has 2 aromatic carbocycles. The molecule has 2 saturated heterocycles. The molecule has 0 radical (unpaired) electrons. The Morgan fingerprint density at radius 1 is 1.11 bits per heavy atom. The highest BCUT2D eigenvalue weighted by Gasteiger charge is 2.38. The Morgan fingerprint density at radius 3 is 2.57 bits per heavy atom. The molecule has 0 aliphatic carbocycles. The maximum absolute atomic E-state index is 13.9. The Bertz CT molecular complexity index is 800. The normalized spacial score (nSPS) is 23.1. The number of carbonyl (C=O) groups is 1. The van der Waals surface area contributed by atoms with Crippen molar-refractivity contribution in [3.05, 3.63) is 71.0 Å². The zero-order chi connectivity index (χ0) is 19.5. The second-order valence-electron chi connectivity index (χ2n) is 7.79. The van der Waals surface area contributed by atoms with Gasteiger partial charge in [0.05, 0.1) is 18.8 Å². The Labute approximate surface area is 165 Å². The number of carbonyl (C=O) groups excluding carboxylic acids is 1. The molecule has 2 aliphatic rings. The topological polar surface area (TPSA) is 32.8 Å². The molecule has 148 valence electrons.